The summed E-state index contributed by atoms with van der Waals surface area (Å²) in [7, 11) is 9.97. The van der Waals surface area contributed by atoms with Crippen molar-refractivity contribution in [3.8, 4) is 0 Å². The van der Waals surface area contributed by atoms with Crippen molar-refractivity contribution in [1.29, 1.82) is 0 Å². The molecule has 0 fully saturated rings. The van der Waals surface area contributed by atoms with Gasteiger partial charge in [-0.2, -0.15) is 0 Å². The van der Waals surface area contributed by atoms with E-state index in [0.717, 1.165) is 28.1 Å². The third kappa shape index (κ3) is 10.1. The van der Waals surface area contributed by atoms with Crippen LogP contribution in [0.5, 0.6) is 0 Å². The molecule has 0 radical (unpaired) electrons. The van der Waals surface area contributed by atoms with E-state index in [-0.39, 0.29) is 35.2 Å². The topological polar surface area (TPSA) is 56.1 Å². The van der Waals surface area contributed by atoms with Crippen LogP contribution in [0.25, 0.3) is 0 Å². The molecule has 2 aliphatic heterocycles. The van der Waals surface area contributed by atoms with Gasteiger partial charge in [-0.15, -0.1) is 0 Å². The molecule has 0 spiro atoms. The number of hydrogen-bond donors (Lipinski definition) is 0. The Labute approximate surface area is 262 Å². The molecular formula is C32H40Cl2N3O2PRu. The van der Waals surface area contributed by atoms with Crippen molar-refractivity contribution in [3.63, 3.8) is 0 Å². The van der Waals surface area contributed by atoms with E-state index in [1.807, 2.05) is 54.6 Å². The summed E-state index contributed by atoms with van der Waals surface area (Å²) >= 11 is -0.346. The number of nitrogens with zero attached hydrogens (tertiary/aromatic N) is 3. The molecule has 5 nitrogen and oxygen atoms in total. The summed E-state index contributed by atoms with van der Waals surface area (Å²) in [5, 5.41) is 0. The van der Waals surface area contributed by atoms with Gasteiger partial charge in [0.2, 0.25) is 11.8 Å². The largest absolute Gasteiger partial charge is 0.474 e. The zero-order chi connectivity index (χ0) is 29.8. The van der Waals surface area contributed by atoms with Crippen LogP contribution in [0, 0.1) is 0 Å². The number of rotatable bonds is 7. The van der Waals surface area contributed by atoms with Crippen molar-refractivity contribution in [2.45, 2.75) is 70.6 Å². The Bertz CT molecular complexity index is 1160. The van der Waals surface area contributed by atoms with Gasteiger partial charge >= 0.3 is 34.5 Å². The first-order valence-corrected chi connectivity index (χ1v) is 19.9. The Hall–Kier alpha value is -1.84. The summed E-state index contributed by atoms with van der Waals surface area (Å²) in [4.78, 5) is 14.1. The van der Waals surface area contributed by atoms with Crippen molar-refractivity contribution in [1.82, 2.24) is 4.98 Å². The van der Waals surface area contributed by atoms with Gasteiger partial charge in [-0.25, -0.2) is 15.0 Å². The molecule has 0 aliphatic carbocycles. The Morgan fingerprint density at radius 2 is 1.00 bits per heavy atom. The van der Waals surface area contributed by atoms with Crippen LogP contribution in [0.15, 0.2) is 88.8 Å². The second-order valence-electron chi connectivity index (χ2n) is 10.5. The normalized spacial score (nSPS) is 17.9. The zero-order valence-electron chi connectivity index (χ0n) is 24.5. The van der Waals surface area contributed by atoms with E-state index in [9.17, 15) is 0 Å². The monoisotopic (exact) mass is 701 g/mol. The predicted octanol–water partition coefficient (Wildman–Crippen LogP) is 9.19. The van der Waals surface area contributed by atoms with Crippen LogP contribution in [0.2, 0.25) is 0 Å². The SMILES string of the molecule is CC(C)P(C(C)C)C(C)C.[Cl][Ru][Cl].c1ccc([C@@H]2COC(c3cccc(C4=N[C@H](c5ccccc5)CO4)n3)=N2)cc1. The summed E-state index contributed by atoms with van der Waals surface area (Å²) < 4.78 is 11.6. The van der Waals surface area contributed by atoms with Gasteiger partial charge in [-0.05, 0) is 40.2 Å². The van der Waals surface area contributed by atoms with Gasteiger partial charge in [0.15, 0.2) is 0 Å². The van der Waals surface area contributed by atoms with Crippen LogP contribution in [0.4, 0.5) is 0 Å². The maximum Gasteiger partial charge on any atom is 0.236 e. The molecule has 0 saturated carbocycles. The van der Waals surface area contributed by atoms with Gasteiger partial charge in [0.25, 0.3) is 0 Å². The molecule has 5 rings (SSSR count). The van der Waals surface area contributed by atoms with E-state index < -0.39 is 0 Å². The molecule has 0 amide bonds. The van der Waals surface area contributed by atoms with E-state index in [2.05, 4.69) is 70.8 Å². The number of aliphatic imine (C=N–C) groups is 2. The van der Waals surface area contributed by atoms with Crippen molar-refractivity contribution >= 4 is 39.1 Å². The van der Waals surface area contributed by atoms with Crippen molar-refractivity contribution in [2.24, 2.45) is 9.98 Å². The number of benzene rings is 2. The Balaban J connectivity index is 0.000000301. The summed E-state index contributed by atoms with van der Waals surface area (Å²) in [6, 6.07) is 26.1. The van der Waals surface area contributed by atoms with Gasteiger partial charge in [-0.1, -0.05) is 116 Å². The van der Waals surface area contributed by atoms with Crippen molar-refractivity contribution in [2.75, 3.05) is 13.2 Å². The fourth-order valence-corrected chi connectivity index (χ4v) is 8.76. The number of pyridine rings is 1. The third-order valence-corrected chi connectivity index (χ3v) is 10.2. The molecule has 0 unspecified atom stereocenters. The first-order chi connectivity index (χ1) is 19.7. The van der Waals surface area contributed by atoms with Crippen molar-refractivity contribution in [3.05, 3.63) is 101 Å². The first-order valence-electron chi connectivity index (χ1n) is 13.9. The maximum atomic E-state index is 5.82. The minimum atomic E-state index is -0.346. The van der Waals surface area contributed by atoms with Crippen LogP contribution in [-0.4, -0.2) is 47.0 Å². The fraction of sp³-hybridized carbons (Fsp3) is 0.406. The summed E-state index contributed by atoms with van der Waals surface area (Å²) in [6.07, 6.45) is 0. The summed E-state index contributed by atoms with van der Waals surface area (Å²) in [5.74, 6) is 1.13. The van der Waals surface area contributed by atoms with Gasteiger partial charge in [0.1, 0.15) is 36.7 Å². The summed E-state index contributed by atoms with van der Waals surface area (Å²) in [6.45, 7) is 15.2. The van der Waals surface area contributed by atoms with Crippen LogP contribution >= 0.6 is 27.3 Å². The number of ether oxygens (including phenoxy) is 2. The standard InChI is InChI=1S/C23H19N3O2.C9H21P.2ClH.Ru/c1-3-8-16(9-4-1)20-14-27-22(25-20)18-12-7-13-19(24-18)23-26-21(15-28-23)17-10-5-2-6-11-17;1-7(2)10(8(3)4)9(5)6;;;/h1-13,20-21H,14-15H2;7-9H,1-6H3;2*1H;/q;;;;+2/p-2/t20-,21-;;;;/m0..../s1. The van der Waals surface area contributed by atoms with E-state index >= 15 is 0 Å². The molecule has 2 aromatic carbocycles. The number of aromatic nitrogens is 1. The molecule has 1 aromatic heterocycles. The van der Waals surface area contributed by atoms with Gasteiger partial charge in [0, 0.05) is 0 Å². The molecule has 2 aliphatic rings. The Morgan fingerprint density at radius 1 is 0.634 bits per heavy atom. The smallest absolute Gasteiger partial charge is 0.236 e. The molecule has 3 heterocycles. The van der Waals surface area contributed by atoms with E-state index in [1.165, 1.54) is 0 Å². The zero-order valence-corrected chi connectivity index (χ0v) is 28.7. The molecule has 0 bridgehead atoms. The quantitative estimate of drug-likeness (QED) is 0.182. The molecule has 41 heavy (non-hydrogen) atoms. The van der Waals surface area contributed by atoms with Crippen molar-refractivity contribution < 1.29 is 24.6 Å². The average Bonchev–Trinajstić information content (AvgIpc) is 3.65. The second kappa shape index (κ2) is 17.3. The maximum absolute atomic E-state index is 5.82. The Morgan fingerprint density at radius 3 is 1.32 bits per heavy atom. The number of halogens is 2. The molecule has 3 aromatic rings. The van der Waals surface area contributed by atoms with Gasteiger partial charge in [0.05, 0.1) is 0 Å². The Kier molecular flexibility index (Phi) is 14.2. The molecular weight excluding hydrogens is 661 g/mol. The van der Waals surface area contributed by atoms with Gasteiger partial charge < -0.3 is 9.47 Å². The molecule has 9 heteroatoms. The average molecular weight is 702 g/mol. The predicted molar refractivity (Wildman–Crippen MR) is 172 cm³/mol. The van der Waals surface area contributed by atoms with Crippen LogP contribution in [-0.2, 0) is 24.6 Å². The second-order valence-corrected chi connectivity index (χ2v) is 17.2. The first kappa shape index (κ1) is 33.7. The molecule has 2 atom stereocenters. The van der Waals surface area contributed by atoms with Crippen LogP contribution in [0.3, 0.4) is 0 Å². The third-order valence-electron chi connectivity index (χ3n) is 6.65. The van der Waals surface area contributed by atoms with E-state index in [1.54, 1.807) is 0 Å². The van der Waals surface area contributed by atoms with Crippen LogP contribution in [0.1, 0.15) is 76.1 Å². The van der Waals surface area contributed by atoms with Crippen LogP contribution < -0.4 is 0 Å². The fourth-order valence-electron chi connectivity index (χ4n) is 5.18. The molecule has 0 N–H and O–H groups in total. The van der Waals surface area contributed by atoms with Gasteiger partial charge in [-0.3, -0.25) is 0 Å². The van der Waals surface area contributed by atoms with E-state index in [4.69, 9.17) is 38.8 Å². The minimum absolute atomic E-state index is 0.00388. The summed E-state index contributed by atoms with van der Waals surface area (Å²) in [5.41, 5.74) is 6.38. The molecule has 0 saturated heterocycles. The van der Waals surface area contributed by atoms with E-state index in [0.29, 0.717) is 36.4 Å². The number of hydrogen-bond acceptors (Lipinski definition) is 5. The minimum Gasteiger partial charge on any atom is -0.474 e. The molecule has 222 valence electrons.